The van der Waals surface area contributed by atoms with Crippen LogP contribution in [0.5, 0.6) is 0 Å². The molecule has 1 aliphatic heterocycles. The molecule has 0 bridgehead atoms. The van der Waals surface area contributed by atoms with E-state index < -0.39 is 0 Å². The van der Waals surface area contributed by atoms with Gasteiger partial charge in [0.2, 0.25) is 0 Å². The van der Waals surface area contributed by atoms with Crippen LogP contribution in [0.15, 0.2) is 24.3 Å². The molecule has 3 rings (SSSR count). The maximum absolute atomic E-state index is 6.10. The summed E-state index contributed by atoms with van der Waals surface area (Å²) in [5.74, 6) is 0.992. The van der Waals surface area contributed by atoms with Gasteiger partial charge in [-0.2, -0.15) is 0 Å². The lowest BCUT2D eigenvalue weighted by Crippen LogP contribution is -2.51. The van der Waals surface area contributed by atoms with Gasteiger partial charge in [-0.25, -0.2) is 0 Å². The Bertz CT molecular complexity index is 444. The van der Waals surface area contributed by atoms with Gasteiger partial charge in [0.1, 0.15) is 0 Å². The fraction of sp³-hybridized carbons (Fsp3) is 0.667. The van der Waals surface area contributed by atoms with Crippen molar-refractivity contribution in [2.24, 2.45) is 5.92 Å². The molecule has 2 N–H and O–H groups in total. The van der Waals surface area contributed by atoms with E-state index in [2.05, 4.69) is 28.9 Å². The van der Waals surface area contributed by atoms with E-state index in [-0.39, 0.29) is 0 Å². The molecule has 3 nitrogen and oxygen atoms in total. The highest BCUT2D eigenvalue weighted by Gasteiger charge is 2.28. The minimum Gasteiger partial charge on any atom is -0.397 e. The lowest BCUT2D eigenvalue weighted by Gasteiger charge is -2.42. The van der Waals surface area contributed by atoms with E-state index in [1.54, 1.807) is 0 Å². The van der Waals surface area contributed by atoms with E-state index in [0.29, 0.717) is 0 Å². The second kappa shape index (κ2) is 6.69. The first kappa shape index (κ1) is 14.7. The van der Waals surface area contributed by atoms with Crippen molar-refractivity contribution in [1.29, 1.82) is 0 Å². The summed E-state index contributed by atoms with van der Waals surface area (Å²) in [5.41, 5.74) is 8.23. The molecule has 0 atom stereocenters. The molecule has 1 saturated heterocycles. The van der Waals surface area contributed by atoms with Gasteiger partial charge in [-0.05, 0) is 43.7 Å². The van der Waals surface area contributed by atoms with Crippen LogP contribution in [0.25, 0.3) is 0 Å². The summed E-state index contributed by atoms with van der Waals surface area (Å²) < 4.78 is 0. The fourth-order valence-electron chi connectivity index (χ4n) is 4.02. The third-order valence-electron chi connectivity index (χ3n) is 5.50. The molecule has 0 spiro atoms. The number of anilines is 2. The predicted octanol–water partition coefficient (Wildman–Crippen LogP) is 3.36. The first-order chi connectivity index (χ1) is 10.3. The van der Waals surface area contributed by atoms with E-state index in [1.807, 2.05) is 12.1 Å². The molecule has 2 aliphatic rings. The van der Waals surface area contributed by atoms with Crippen molar-refractivity contribution in [3.63, 3.8) is 0 Å². The standard InChI is InChI=1S/C18H29N3/c1-2-15-7-9-16(10-8-15)20-11-13-21(14-12-20)18-6-4-3-5-17(18)19/h3-6,15-16H,2,7-14,19H2,1H3. The van der Waals surface area contributed by atoms with Gasteiger partial charge in [0, 0.05) is 32.2 Å². The number of nitrogens with two attached hydrogens (primary N) is 1. The van der Waals surface area contributed by atoms with Crippen LogP contribution in [0.1, 0.15) is 39.0 Å². The van der Waals surface area contributed by atoms with Gasteiger partial charge < -0.3 is 10.6 Å². The third-order valence-corrected chi connectivity index (χ3v) is 5.50. The molecule has 0 radical (unpaired) electrons. The number of hydrogen-bond acceptors (Lipinski definition) is 3. The molecule has 0 unspecified atom stereocenters. The summed E-state index contributed by atoms with van der Waals surface area (Å²) in [7, 11) is 0. The van der Waals surface area contributed by atoms with Gasteiger partial charge in [-0.15, -0.1) is 0 Å². The fourth-order valence-corrected chi connectivity index (χ4v) is 4.02. The second-order valence-electron chi connectivity index (χ2n) is 6.66. The normalized spacial score (nSPS) is 27.8. The monoisotopic (exact) mass is 287 g/mol. The Morgan fingerprint density at radius 2 is 1.67 bits per heavy atom. The van der Waals surface area contributed by atoms with Crippen molar-refractivity contribution in [2.45, 2.75) is 45.1 Å². The smallest absolute Gasteiger partial charge is 0.0600 e. The minimum atomic E-state index is 0.836. The average molecular weight is 287 g/mol. The first-order valence-electron chi connectivity index (χ1n) is 8.61. The van der Waals surface area contributed by atoms with E-state index in [4.69, 9.17) is 5.73 Å². The molecule has 1 saturated carbocycles. The Balaban J connectivity index is 1.53. The van der Waals surface area contributed by atoms with Gasteiger partial charge in [0.15, 0.2) is 0 Å². The molecule has 21 heavy (non-hydrogen) atoms. The number of hydrogen-bond donors (Lipinski definition) is 1. The van der Waals surface area contributed by atoms with Crippen molar-refractivity contribution >= 4 is 11.4 Å². The molecule has 1 heterocycles. The molecular weight excluding hydrogens is 258 g/mol. The van der Waals surface area contributed by atoms with E-state index in [9.17, 15) is 0 Å². The van der Waals surface area contributed by atoms with E-state index in [1.165, 1.54) is 50.9 Å². The number of para-hydroxylation sites is 2. The molecule has 1 aliphatic carbocycles. The summed E-state index contributed by atoms with van der Waals surface area (Å²) in [5, 5.41) is 0. The largest absolute Gasteiger partial charge is 0.397 e. The second-order valence-corrected chi connectivity index (χ2v) is 6.66. The van der Waals surface area contributed by atoms with Gasteiger partial charge in [0.25, 0.3) is 0 Å². The van der Waals surface area contributed by atoms with Crippen LogP contribution in [-0.4, -0.2) is 37.1 Å². The zero-order chi connectivity index (χ0) is 14.7. The van der Waals surface area contributed by atoms with E-state index in [0.717, 1.165) is 30.7 Å². The van der Waals surface area contributed by atoms with Gasteiger partial charge in [0.05, 0.1) is 11.4 Å². The topological polar surface area (TPSA) is 32.5 Å². The van der Waals surface area contributed by atoms with Crippen LogP contribution in [0.3, 0.4) is 0 Å². The summed E-state index contributed by atoms with van der Waals surface area (Å²) in [4.78, 5) is 5.17. The molecule has 1 aromatic carbocycles. The lowest BCUT2D eigenvalue weighted by molar-refractivity contribution is 0.128. The molecule has 0 amide bonds. The van der Waals surface area contributed by atoms with Crippen LogP contribution in [-0.2, 0) is 0 Å². The molecule has 0 aromatic heterocycles. The zero-order valence-electron chi connectivity index (χ0n) is 13.3. The maximum atomic E-state index is 6.10. The van der Waals surface area contributed by atoms with Crippen molar-refractivity contribution in [3.8, 4) is 0 Å². The Labute approximate surface area is 129 Å². The molecule has 3 heteroatoms. The summed E-state index contributed by atoms with van der Waals surface area (Å²) in [6.07, 6.45) is 7.06. The van der Waals surface area contributed by atoms with E-state index >= 15 is 0 Å². The van der Waals surface area contributed by atoms with Gasteiger partial charge in [-0.1, -0.05) is 25.5 Å². The zero-order valence-corrected chi connectivity index (χ0v) is 13.3. The predicted molar refractivity (Wildman–Crippen MR) is 90.7 cm³/mol. The molecule has 116 valence electrons. The maximum Gasteiger partial charge on any atom is 0.0600 e. The Hall–Kier alpha value is -1.22. The van der Waals surface area contributed by atoms with Crippen molar-refractivity contribution < 1.29 is 0 Å². The Morgan fingerprint density at radius 1 is 1.00 bits per heavy atom. The summed E-state index contributed by atoms with van der Waals surface area (Å²) in [6.45, 7) is 6.95. The highest BCUT2D eigenvalue weighted by molar-refractivity contribution is 5.67. The quantitative estimate of drug-likeness (QED) is 0.865. The van der Waals surface area contributed by atoms with Crippen LogP contribution >= 0.6 is 0 Å². The highest BCUT2D eigenvalue weighted by atomic mass is 15.3. The van der Waals surface area contributed by atoms with Crippen molar-refractivity contribution in [3.05, 3.63) is 24.3 Å². The molecule has 1 aromatic rings. The van der Waals surface area contributed by atoms with Crippen LogP contribution in [0, 0.1) is 5.92 Å². The highest BCUT2D eigenvalue weighted by Crippen LogP contribution is 2.31. The number of piperazine rings is 1. The molecule has 2 fully saturated rings. The summed E-state index contributed by atoms with van der Waals surface area (Å²) in [6, 6.07) is 9.10. The van der Waals surface area contributed by atoms with Crippen LogP contribution in [0.2, 0.25) is 0 Å². The van der Waals surface area contributed by atoms with Crippen molar-refractivity contribution in [2.75, 3.05) is 36.8 Å². The van der Waals surface area contributed by atoms with Crippen LogP contribution < -0.4 is 10.6 Å². The number of benzene rings is 1. The minimum absolute atomic E-state index is 0.836. The molecular formula is C18H29N3. The van der Waals surface area contributed by atoms with Crippen molar-refractivity contribution in [1.82, 2.24) is 4.90 Å². The number of nitrogen functional groups attached to an aromatic ring is 1. The average Bonchev–Trinajstić information content (AvgIpc) is 2.56. The lowest BCUT2D eigenvalue weighted by atomic mass is 9.84. The summed E-state index contributed by atoms with van der Waals surface area (Å²) >= 11 is 0. The Morgan fingerprint density at radius 3 is 2.29 bits per heavy atom. The SMILES string of the molecule is CCC1CCC(N2CCN(c3ccccc3N)CC2)CC1. The van der Waals surface area contributed by atoms with Gasteiger partial charge in [-0.3, -0.25) is 4.90 Å². The number of rotatable bonds is 3. The van der Waals surface area contributed by atoms with Gasteiger partial charge >= 0.3 is 0 Å². The first-order valence-corrected chi connectivity index (χ1v) is 8.61. The Kier molecular flexibility index (Phi) is 4.69. The number of nitrogens with zero attached hydrogens (tertiary/aromatic N) is 2. The third kappa shape index (κ3) is 3.34. The van der Waals surface area contributed by atoms with Crippen LogP contribution in [0.4, 0.5) is 11.4 Å².